The van der Waals surface area contributed by atoms with Crippen LogP contribution in [-0.2, 0) is 12.8 Å². The number of aromatic hydroxyl groups is 1. The predicted molar refractivity (Wildman–Crippen MR) is 136 cm³/mol. The highest BCUT2D eigenvalue weighted by atomic mass is 79.9. The number of fused-ring (bicyclic) bond motifs is 1. The Balaban J connectivity index is 0.00000363. The number of carbonyl (C=O) groups excluding carboxylic acids is 1. The Morgan fingerprint density at radius 3 is 2.56 bits per heavy atom. The average molecular weight is 545 g/mol. The Hall–Kier alpha value is -1.74. The molecular formula is C23H28BrClFN3O2S. The highest BCUT2D eigenvalue weighted by Gasteiger charge is 2.22. The molecule has 32 heavy (non-hydrogen) atoms. The van der Waals surface area contributed by atoms with Crippen LogP contribution in [-0.4, -0.2) is 47.7 Å². The molecule has 2 N–H and O–H groups in total. The Morgan fingerprint density at radius 2 is 1.91 bits per heavy atom. The highest BCUT2D eigenvalue weighted by molar-refractivity contribution is 9.10. The first-order valence-corrected chi connectivity index (χ1v) is 11.9. The molecule has 9 heteroatoms. The molecule has 3 rings (SSSR count). The van der Waals surface area contributed by atoms with Gasteiger partial charge in [-0.15, -0.1) is 24.2 Å². The van der Waals surface area contributed by atoms with Crippen LogP contribution in [0.25, 0.3) is 10.9 Å². The fourth-order valence-electron chi connectivity index (χ4n) is 3.45. The van der Waals surface area contributed by atoms with E-state index in [4.69, 9.17) is 0 Å². The quantitative estimate of drug-likeness (QED) is 0.273. The maximum atomic E-state index is 13.2. The van der Waals surface area contributed by atoms with Gasteiger partial charge in [0.2, 0.25) is 0 Å². The number of nitrogens with zero attached hydrogens (tertiary/aromatic N) is 2. The number of amides is 1. The summed E-state index contributed by atoms with van der Waals surface area (Å²) < 4.78 is 15.8. The number of aryl methyl sites for hydroxylation is 1. The van der Waals surface area contributed by atoms with Gasteiger partial charge in [-0.3, -0.25) is 4.79 Å². The molecule has 0 aliphatic carbocycles. The largest absolute Gasteiger partial charge is 0.507 e. The minimum atomic E-state index is -0.274. The van der Waals surface area contributed by atoms with Gasteiger partial charge in [0, 0.05) is 35.3 Å². The second kappa shape index (κ2) is 11.9. The van der Waals surface area contributed by atoms with Crippen molar-refractivity contribution in [1.82, 2.24) is 14.8 Å². The zero-order chi connectivity index (χ0) is 22.5. The van der Waals surface area contributed by atoms with E-state index in [1.165, 1.54) is 23.9 Å². The number of thioether (sulfide) groups is 1. The van der Waals surface area contributed by atoms with Crippen molar-refractivity contribution in [3.8, 4) is 5.75 Å². The van der Waals surface area contributed by atoms with Crippen LogP contribution in [0.5, 0.6) is 5.75 Å². The molecule has 0 saturated heterocycles. The maximum absolute atomic E-state index is 13.2. The zero-order valence-electron chi connectivity index (χ0n) is 18.3. The van der Waals surface area contributed by atoms with Gasteiger partial charge in [0.05, 0.1) is 15.6 Å². The van der Waals surface area contributed by atoms with Gasteiger partial charge in [-0.1, -0.05) is 0 Å². The maximum Gasteiger partial charge on any atom is 0.253 e. The molecule has 0 unspecified atom stereocenters. The lowest BCUT2D eigenvalue weighted by Gasteiger charge is -2.11. The third kappa shape index (κ3) is 6.41. The van der Waals surface area contributed by atoms with E-state index in [1.807, 2.05) is 31.8 Å². The monoisotopic (exact) mass is 543 g/mol. The van der Waals surface area contributed by atoms with Gasteiger partial charge in [0.25, 0.3) is 5.91 Å². The lowest BCUT2D eigenvalue weighted by molar-refractivity contribution is 0.0953. The summed E-state index contributed by atoms with van der Waals surface area (Å²) in [5, 5.41) is 14.0. The van der Waals surface area contributed by atoms with Gasteiger partial charge in [0.15, 0.2) is 0 Å². The summed E-state index contributed by atoms with van der Waals surface area (Å²) in [6, 6.07) is 9.78. The van der Waals surface area contributed by atoms with E-state index in [2.05, 4.69) is 26.1 Å². The van der Waals surface area contributed by atoms with Crippen LogP contribution in [0.3, 0.4) is 0 Å². The average Bonchev–Trinajstić information content (AvgIpc) is 2.98. The van der Waals surface area contributed by atoms with Crippen molar-refractivity contribution in [3.63, 3.8) is 0 Å². The van der Waals surface area contributed by atoms with Crippen molar-refractivity contribution in [2.75, 3.05) is 27.2 Å². The molecule has 5 nitrogen and oxygen atoms in total. The fraction of sp³-hybridized carbons (Fsp3) is 0.348. The second-order valence-electron chi connectivity index (χ2n) is 7.71. The van der Waals surface area contributed by atoms with Crippen LogP contribution in [0.2, 0.25) is 0 Å². The first kappa shape index (κ1) is 26.5. The van der Waals surface area contributed by atoms with Crippen LogP contribution in [0.4, 0.5) is 4.39 Å². The van der Waals surface area contributed by atoms with Crippen LogP contribution in [0, 0.1) is 5.82 Å². The second-order valence-corrected chi connectivity index (χ2v) is 9.61. The summed E-state index contributed by atoms with van der Waals surface area (Å²) >= 11 is 4.91. The molecule has 0 saturated carbocycles. The van der Waals surface area contributed by atoms with Crippen molar-refractivity contribution < 1.29 is 14.3 Å². The third-order valence-electron chi connectivity index (χ3n) is 5.12. The molecule has 1 amide bonds. The van der Waals surface area contributed by atoms with Crippen molar-refractivity contribution >= 4 is 56.9 Å². The smallest absolute Gasteiger partial charge is 0.253 e. The summed E-state index contributed by atoms with van der Waals surface area (Å²) in [6.45, 7) is 1.57. The molecule has 3 aromatic rings. The molecule has 1 heterocycles. The standard InChI is InChI=1S/C23H27BrFN3O2S.ClH/c1-27(2)11-5-4-10-26-23(30)22-17-12-21(29)18(24)13-19(17)28(3)20(22)14-31-16-8-6-15(25)7-9-16;/h6-9,12-13,29H,4-5,10-11,14H2,1-3H3,(H,26,30);1H. The number of rotatable bonds is 9. The molecule has 0 spiro atoms. The Bertz CT molecular complexity index is 1070. The number of phenols is 1. The van der Waals surface area contributed by atoms with E-state index >= 15 is 0 Å². The van der Waals surface area contributed by atoms with Crippen LogP contribution in [0.15, 0.2) is 45.8 Å². The number of hydrogen-bond donors (Lipinski definition) is 2. The first-order chi connectivity index (χ1) is 14.8. The van der Waals surface area contributed by atoms with Crippen molar-refractivity contribution in [2.24, 2.45) is 7.05 Å². The molecule has 0 atom stereocenters. The van der Waals surface area contributed by atoms with Crippen molar-refractivity contribution in [1.29, 1.82) is 0 Å². The number of benzene rings is 2. The Kier molecular flexibility index (Phi) is 9.88. The van der Waals surface area contributed by atoms with Gasteiger partial charge in [0.1, 0.15) is 11.6 Å². The number of hydrogen-bond acceptors (Lipinski definition) is 4. The molecule has 0 bridgehead atoms. The zero-order valence-corrected chi connectivity index (χ0v) is 21.5. The number of aromatic nitrogens is 1. The van der Waals surface area contributed by atoms with Gasteiger partial charge < -0.3 is 19.9 Å². The van der Waals surface area contributed by atoms with E-state index < -0.39 is 0 Å². The minimum Gasteiger partial charge on any atom is -0.507 e. The predicted octanol–water partition coefficient (Wildman–Crippen LogP) is 5.57. The van der Waals surface area contributed by atoms with E-state index in [0.29, 0.717) is 27.7 Å². The van der Waals surface area contributed by atoms with Gasteiger partial charge >= 0.3 is 0 Å². The van der Waals surface area contributed by atoms with Crippen molar-refractivity contribution in [3.05, 3.63) is 57.9 Å². The Labute approximate surface area is 206 Å². The molecule has 0 aliphatic rings. The molecule has 2 aromatic carbocycles. The molecule has 174 valence electrons. The van der Waals surface area contributed by atoms with Crippen LogP contribution < -0.4 is 5.32 Å². The molecule has 0 radical (unpaired) electrons. The van der Waals surface area contributed by atoms with Crippen LogP contribution in [0.1, 0.15) is 28.9 Å². The van der Waals surface area contributed by atoms with Gasteiger partial charge in [-0.05, 0) is 85.8 Å². The van der Waals surface area contributed by atoms with Crippen molar-refractivity contribution in [2.45, 2.75) is 23.5 Å². The number of unbranched alkanes of at least 4 members (excludes halogenated alkanes) is 1. The lowest BCUT2D eigenvalue weighted by Crippen LogP contribution is -2.26. The fourth-order valence-corrected chi connectivity index (χ4v) is 4.75. The highest BCUT2D eigenvalue weighted by Crippen LogP contribution is 2.36. The van der Waals surface area contributed by atoms with Gasteiger partial charge in [-0.25, -0.2) is 4.39 Å². The number of nitrogens with one attached hydrogen (secondary N) is 1. The summed E-state index contributed by atoms with van der Waals surface area (Å²) in [7, 11) is 5.98. The SMILES string of the molecule is CN(C)CCCCNC(=O)c1c(CSc2ccc(F)cc2)n(C)c2cc(Br)c(O)cc12.Cl. The minimum absolute atomic E-state index is 0. The molecule has 0 aliphatic heterocycles. The lowest BCUT2D eigenvalue weighted by atomic mass is 10.1. The summed E-state index contributed by atoms with van der Waals surface area (Å²) in [5.41, 5.74) is 2.28. The summed E-state index contributed by atoms with van der Waals surface area (Å²) in [4.78, 5) is 16.2. The van der Waals surface area contributed by atoms with E-state index in [9.17, 15) is 14.3 Å². The summed E-state index contributed by atoms with van der Waals surface area (Å²) in [5.74, 6) is 0.213. The van der Waals surface area contributed by atoms with Crippen LogP contribution >= 0.6 is 40.1 Å². The topological polar surface area (TPSA) is 57.5 Å². The Morgan fingerprint density at radius 1 is 1.22 bits per heavy atom. The summed E-state index contributed by atoms with van der Waals surface area (Å²) in [6.07, 6.45) is 1.90. The number of carbonyl (C=O) groups is 1. The first-order valence-electron chi connectivity index (χ1n) is 10.1. The van der Waals surface area contributed by atoms with Gasteiger partial charge in [-0.2, -0.15) is 0 Å². The third-order valence-corrected chi connectivity index (χ3v) is 6.78. The molecule has 1 aromatic heterocycles. The number of halogens is 3. The van der Waals surface area contributed by atoms with E-state index in [-0.39, 0.29) is 29.9 Å². The normalized spacial score (nSPS) is 11.1. The molecule has 0 fully saturated rings. The van der Waals surface area contributed by atoms with E-state index in [0.717, 1.165) is 35.5 Å². The number of phenolic OH excluding ortho intramolecular Hbond substituents is 1. The van der Waals surface area contributed by atoms with E-state index in [1.54, 1.807) is 18.2 Å². The molecular weight excluding hydrogens is 517 g/mol.